The Balaban J connectivity index is 1.95. The summed E-state index contributed by atoms with van der Waals surface area (Å²) >= 11 is 0. The van der Waals surface area contributed by atoms with Crippen LogP contribution in [0.3, 0.4) is 0 Å². The van der Waals surface area contributed by atoms with Gasteiger partial charge in [0.05, 0.1) is 11.4 Å². The molecule has 0 bridgehead atoms. The number of alkyl carbamates (subject to hydrolysis) is 1. The van der Waals surface area contributed by atoms with Gasteiger partial charge in [-0.05, 0) is 45.7 Å². The number of hydrogen-bond donors (Lipinski definition) is 2. The van der Waals surface area contributed by atoms with Crippen LogP contribution < -0.4 is 16.0 Å². The summed E-state index contributed by atoms with van der Waals surface area (Å²) in [6.07, 6.45) is 1.63. The first-order valence-electron chi connectivity index (χ1n) is 7.44. The predicted molar refractivity (Wildman–Crippen MR) is 85.5 cm³/mol. The quantitative estimate of drug-likeness (QED) is 0.822. The summed E-state index contributed by atoms with van der Waals surface area (Å²) in [7, 11) is 0. The first kappa shape index (κ1) is 15.5. The number of nitrogens with two attached hydrogens (primary N) is 1. The molecule has 0 unspecified atom stereocenters. The Morgan fingerprint density at radius 2 is 2.10 bits per heavy atom. The molecule has 0 radical (unpaired) electrons. The van der Waals surface area contributed by atoms with Gasteiger partial charge in [-0.3, -0.25) is 0 Å². The molecule has 1 fully saturated rings. The third-order valence-electron chi connectivity index (χ3n) is 3.42. The number of nitrogens with one attached hydrogen (secondary N) is 1. The van der Waals surface area contributed by atoms with Crippen LogP contribution in [0.2, 0.25) is 0 Å². The number of ether oxygens (including phenoxy) is 1. The van der Waals surface area contributed by atoms with Crippen LogP contribution >= 0.6 is 0 Å². The number of nitrogens with zero attached hydrogens (tertiary/aromatic N) is 1. The lowest BCUT2D eigenvalue weighted by atomic mass is 10.0. The maximum atomic E-state index is 11.9. The summed E-state index contributed by atoms with van der Waals surface area (Å²) < 4.78 is 5.31. The Kier molecular flexibility index (Phi) is 4.60. The van der Waals surface area contributed by atoms with Gasteiger partial charge < -0.3 is 20.7 Å². The number of piperidine rings is 1. The smallest absolute Gasteiger partial charge is 0.407 e. The van der Waals surface area contributed by atoms with Gasteiger partial charge in [0.15, 0.2) is 0 Å². The number of rotatable bonds is 2. The van der Waals surface area contributed by atoms with Crippen LogP contribution in [0.5, 0.6) is 0 Å². The van der Waals surface area contributed by atoms with Crippen molar-refractivity contribution in [3.63, 3.8) is 0 Å². The molecule has 5 heteroatoms. The summed E-state index contributed by atoms with van der Waals surface area (Å²) in [5, 5.41) is 2.95. The fraction of sp³-hybridized carbons (Fsp3) is 0.562. The standard InChI is InChI=1S/C16H25N3O2/c1-16(2,3)21-15(20)18-12-7-6-10-19(11-12)14-9-5-4-8-13(14)17/h4-5,8-9,12H,6-7,10-11,17H2,1-3H3,(H,18,20)/t12-/m1/s1. The number of benzene rings is 1. The summed E-state index contributed by atoms with van der Waals surface area (Å²) in [4.78, 5) is 14.1. The zero-order valence-electron chi connectivity index (χ0n) is 13.1. The van der Waals surface area contributed by atoms with E-state index in [0.29, 0.717) is 0 Å². The molecule has 0 saturated carbocycles. The Bertz CT molecular complexity index is 497. The van der Waals surface area contributed by atoms with Gasteiger partial charge in [0.25, 0.3) is 0 Å². The minimum absolute atomic E-state index is 0.0909. The Hall–Kier alpha value is -1.91. The van der Waals surface area contributed by atoms with Crippen molar-refractivity contribution in [2.24, 2.45) is 0 Å². The van der Waals surface area contributed by atoms with E-state index < -0.39 is 5.60 Å². The molecule has 1 aliphatic heterocycles. The van der Waals surface area contributed by atoms with Crippen LogP contribution in [0.15, 0.2) is 24.3 Å². The highest BCUT2D eigenvalue weighted by Crippen LogP contribution is 2.25. The molecule has 3 N–H and O–H groups in total. The maximum absolute atomic E-state index is 11.9. The van der Waals surface area contributed by atoms with Gasteiger partial charge in [-0.25, -0.2) is 4.79 Å². The van der Waals surface area contributed by atoms with Crippen molar-refractivity contribution in [1.29, 1.82) is 0 Å². The molecule has 1 atom stereocenters. The van der Waals surface area contributed by atoms with E-state index in [2.05, 4.69) is 10.2 Å². The van der Waals surface area contributed by atoms with Crippen LogP contribution in [0.1, 0.15) is 33.6 Å². The van der Waals surface area contributed by atoms with Crippen LogP contribution in [-0.4, -0.2) is 30.8 Å². The number of hydrogen-bond acceptors (Lipinski definition) is 4. The molecule has 5 nitrogen and oxygen atoms in total. The van der Waals surface area contributed by atoms with Gasteiger partial charge in [0.1, 0.15) is 5.60 Å². The number of nitrogen functional groups attached to an aromatic ring is 1. The Morgan fingerprint density at radius 1 is 1.38 bits per heavy atom. The van der Waals surface area contributed by atoms with E-state index in [1.165, 1.54) is 0 Å². The normalized spacial score (nSPS) is 19.2. The van der Waals surface area contributed by atoms with Crippen molar-refractivity contribution in [2.45, 2.75) is 45.3 Å². The third-order valence-corrected chi connectivity index (χ3v) is 3.42. The van der Waals surface area contributed by atoms with Gasteiger partial charge in [-0.15, -0.1) is 0 Å². The molecule has 0 aromatic heterocycles. The average Bonchev–Trinajstić information content (AvgIpc) is 2.37. The van der Waals surface area contributed by atoms with Crippen LogP contribution in [0, 0.1) is 0 Å². The molecule has 21 heavy (non-hydrogen) atoms. The minimum Gasteiger partial charge on any atom is -0.444 e. The van der Waals surface area contributed by atoms with E-state index in [9.17, 15) is 4.79 Å². The van der Waals surface area contributed by atoms with E-state index in [-0.39, 0.29) is 12.1 Å². The second-order valence-electron chi connectivity index (χ2n) is 6.49. The highest BCUT2D eigenvalue weighted by molar-refractivity contribution is 5.69. The van der Waals surface area contributed by atoms with Gasteiger partial charge in [-0.2, -0.15) is 0 Å². The van der Waals surface area contributed by atoms with Gasteiger partial charge in [0, 0.05) is 19.1 Å². The SMILES string of the molecule is CC(C)(C)OC(=O)N[C@@H]1CCCN(c2ccccc2N)C1. The highest BCUT2D eigenvalue weighted by atomic mass is 16.6. The van der Waals surface area contributed by atoms with Crippen molar-refractivity contribution in [3.05, 3.63) is 24.3 Å². The molecular formula is C16H25N3O2. The number of para-hydroxylation sites is 2. The molecule has 0 spiro atoms. The molecule has 2 rings (SSSR count). The molecule has 1 saturated heterocycles. The number of amides is 1. The van der Waals surface area contributed by atoms with E-state index in [1.807, 2.05) is 45.0 Å². The van der Waals surface area contributed by atoms with Crippen molar-refractivity contribution in [2.75, 3.05) is 23.7 Å². The zero-order chi connectivity index (χ0) is 15.5. The van der Waals surface area contributed by atoms with E-state index in [4.69, 9.17) is 10.5 Å². The second kappa shape index (κ2) is 6.24. The average molecular weight is 291 g/mol. The summed E-state index contributed by atoms with van der Waals surface area (Å²) in [6.45, 7) is 7.31. The number of carbonyl (C=O) groups excluding carboxylic acids is 1. The molecular weight excluding hydrogens is 266 g/mol. The van der Waals surface area contributed by atoms with Gasteiger partial charge in [0.2, 0.25) is 0 Å². The second-order valence-corrected chi connectivity index (χ2v) is 6.49. The lowest BCUT2D eigenvalue weighted by molar-refractivity contribution is 0.0500. The monoisotopic (exact) mass is 291 g/mol. The first-order valence-corrected chi connectivity index (χ1v) is 7.44. The van der Waals surface area contributed by atoms with Gasteiger partial charge >= 0.3 is 6.09 Å². The molecule has 1 aromatic carbocycles. The topological polar surface area (TPSA) is 67.6 Å². The van der Waals surface area contributed by atoms with Crippen LogP contribution in [0.25, 0.3) is 0 Å². The fourth-order valence-corrected chi connectivity index (χ4v) is 2.56. The molecule has 116 valence electrons. The third kappa shape index (κ3) is 4.55. The summed E-state index contributed by atoms with van der Waals surface area (Å²) in [5.41, 5.74) is 7.37. The number of carbonyl (C=O) groups is 1. The fourth-order valence-electron chi connectivity index (χ4n) is 2.56. The summed E-state index contributed by atoms with van der Waals surface area (Å²) in [5.74, 6) is 0. The van der Waals surface area contributed by atoms with Crippen LogP contribution in [-0.2, 0) is 4.74 Å². The molecule has 0 aliphatic carbocycles. The summed E-state index contributed by atoms with van der Waals surface area (Å²) in [6, 6.07) is 7.93. The lowest BCUT2D eigenvalue weighted by Gasteiger charge is -2.35. The largest absolute Gasteiger partial charge is 0.444 e. The first-order chi connectivity index (χ1) is 9.85. The van der Waals surface area contributed by atoms with Crippen molar-refractivity contribution in [3.8, 4) is 0 Å². The van der Waals surface area contributed by atoms with E-state index >= 15 is 0 Å². The van der Waals surface area contributed by atoms with Crippen molar-refractivity contribution >= 4 is 17.5 Å². The van der Waals surface area contributed by atoms with Crippen molar-refractivity contribution in [1.82, 2.24) is 5.32 Å². The van der Waals surface area contributed by atoms with Crippen LogP contribution in [0.4, 0.5) is 16.2 Å². The van der Waals surface area contributed by atoms with Crippen molar-refractivity contribution < 1.29 is 9.53 Å². The molecule has 1 aromatic rings. The molecule has 1 heterocycles. The predicted octanol–water partition coefficient (Wildman–Crippen LogP) is 2.76. The highest BCUT2D eigenvalue weighted by Gasteiger charge is 2.24. The Morgan fingerprint density at radius 3 is 2.76 bits per heavy atom. The minimum atomic E-state index is -0.470. The Labute approximate surface area is 126 Å². The molecule has 1 amide bonds. The molecule has 1 aliphatic rings. The van der Waals surface area contributed by atoms with E-state index in [1.54, 1.807) is 0 Å². The number of anilines is 2. The zero-order valence-corrected chi connectivity index (χ0v) is 13.1. The van der Waals surface area contributed by atoms with E-state index in [0.717, 1.165) is 37.3 Å². The lowest BCUT2D eigenvalue weighted by Crippen LogP contribution is -2.49. The van der Waals surface area contributed by atoms with Gasteiger partial charge in [-0.1, -0.05) is 12.1 Å². The maximum Gasteiger partial charge on any atom is 0.407 e.